The van der Waals surface area contributed by atoms with E-state index in [0.717, 1.165) is 0 Å². The van der Waals surface area contributed by atoms with Gasteiger partial charge >= 0.3 is 0 Å². The fourth-order valence-corrected chi connectivity index (χ4v) is 2.52. The summed E-state index contributed by atoms with van der Waals surface area (Å²) in [6.45, 7) is 1.24. The van der Waals surface area contributed by atoms with E-state index in [1.165, 1.54) is 0 Å². The van der Waals surface area contributed by atoms with Crippen molar-refractivity contribution in [3.8, 4) is 0 Å². The van der Waals surface area contributed by atoms with Gasteiger partial charge in [0.1, 0.15) is 12.6 Å². The van der Waals surface area contributed by atoms with E-state index in [4.69, 9.17) is 16.7 Å². The van der Waals surface area contributed by atoms with Crippen LogP contribution in [-0.2, 0) is 0 Å². The van der Waals surface area contributed by atoms with Gasteiger partial charge in [0.15, 0.2) is 0 Å². The summed E-state index contributed by atoms with van der Waals surface area (Å²) < 4.78 is 28.1. The van der Waals surface area contributed by atoms with Gasteiger partial charge in [-0.25, -0.2) is 8.78 Å². The lowest BCUT2D eigenvalue weighted by molar-refractivity contribution is -0.118. The summed E-state index contributed by atoms with van der Waals surface area (Å²) in [5.41, 5.74) is 0.477. The van der Waals surface area contributed by atoms with Crippen molar-refractivity contribution in [1.82, 2.24) is 10.2 Å². The quantitative estimate of drug-likeness (QED) is 0.891. The predicted octanol–water partition coefficient (Wildman–Crippen LogP) is 2.34. The molecule has 3 nitrogen and oxygen atoms in total. The lowest BCUT2D eigenvalue weighted by Gasteiger charge is -2.38. The van der Waals surface area contributed by atoms with Crippen LogP contribution in [0.5, 0.6) is 0 Å². The fourth-order valence-electron chi connectivity index (χ4n) is 2.39. The van der Waals surface area contributed by atoms with E-state index in [9.17, 15) is 8.78 Å². The maximum Gasteiger partial charge on any atom is 0.289 e. The number of rotatable bonds is 4. The van der Waals surface area contributed by atoms with E-state index >= 15 is 0 Å². The lowest BCUT2D eigenvalue weighted by atomic mass is 9.98. The highest BCUT2D eigenvalue weighted by Crippen LogP contribution is 2.36. The number of aliphatic hydroxyl groups is 1. The van der Waals surface area contributed by atoms with Crippen LogP contribution in [0.25, 0.3) is 0 Å². The van der Waals surface area contributed by atoms with Crippen molar-refractivity contribution < 1.29 is 13.9 Å². The number of alkyl halides is 2. The SMILES string of the molecule is Cl.OCC(F)(F)[C@@H](c1ccc(Cl)cc1)N1CCNCC1. The summed E-state index contributed by atoms with van der Waals surface area (Å²) >= 11 is 5.79. The topological polar surface area (TPSA) is 35.5 Å². The third-order valence-corrected chi connectivity index (χ3v) is 3.57. The molecule has 114 valence electrons. The Hall–Kier alpha value is -0.460. The predicted molar refractivity (Wildman–Crippen MR) is 77.9 cm³/mol. The average molecular weight is 327 g/mol. The number of piperazine rings is 1. The minimum Gasteiger partial charge on any atom is -0.390 e. The minimum atomic E-state index is -3.18. The number of halogens is 4. The number of nitrogens with one attached hydrogen (secondary N) is 1. The van der Waals surface area contributed by atoms with Crippen molar-refractivity contribution in [3.63, 3.8) is 0 Å². The Labute approximate surface area is 128 Å². The van der Waals surface area contributed by atoms with Gasteiger partial charge in [0.05, 0.1) is 0 Å². The Kier molecular flexibility index (Phi) is 6.61. The molecule has 0 aromatic heterocycles. The van der Waals surface area contributed by atoms with E-state index in [2.05, 4.69) is 5.32 Å². The minimum absolute atomic E-state index is 0. The Bertz CT molecular complexity index is 411. The van der Waals surface area contributed by atoms with Crippen LogP contribution >= 0.6 is 24.0 Å². The maximum absolute atomic E-state index is 14.0. The monoisotopic (exact) mass is 326 g/mol. The summed E-state index contributed by atoms with van der Waals surface area (Å²) in [5, 5.41) is 12.6. The van der Waals surface area contributed by atoms with Gasteiger partial charge in [0.2, 0.25) is 0 Å². The first-order valence-electron chi connectivity index (χ1n) is 6.23. The molecule has 1 aliphatic heterocycles. The van der Waals surface area contributed by atoms with Gasteiger partial charge in [0, 0.05) is 31.2 Å². The van der Waals surface area contributed by atoms with Gasteiger partial charge in [-0.2, -0.15) is 0 Å². The molecule has 0 bridgehead atoms. The van der Waals surface area contributed by atoms with Crippen LogP contribution in [0.1, 0.15) is 11.6 Å². The van der Waals surface area contributed by atoms with Crippen molar-refractivity contribution in [2.75, 3.05) is 32.8 Å². The lowest BCUT2D eigenvalue weighted by Crippen LogP contribution is -2.51. The number of hydrogen-bond donors (Lipinski definition) is 2. The van der Waals surface area contributed by atoms with Crippen molar-refractivity contribution in [2.45, 2.75) is 12.0 Å². The molecule has 2 rings (SSSR count). The summed E-state index contributed by atoms with van der Waals surface area (Å²) in [7, 11) is 0. The zero-order chi connectivity index (χ0) is 13.9. The van der Waals surface area contributed by atoms with E-state index in [1.54, 1.807) is 29.2 Å². The molecule has 0 unspecified atom stereocenters. The van der Waals surface area contributed by atoms with Gasteiger partial charge in [-0.1, -0.05) is 23.7 Å². The highest BCUT2D eigenvalue weighted by Gasteiger charge is 2.43. The van der Waals surface area contributed by atoms with Crippen molar-refractivity contribution in [1.29, 1.82) is 0 Å². The standard InChI is InChI=1S/C13H17ClF2N2O.ClH/c14-11-3-1-10(2-4-11)12(13(15,16)9-19)18-7-5-17-6-8-18;/h1-4,12,17,19H,5-9H2;1H/t12-;/m1./s1. The Morgan fingerprint density at radius 1 is 1.25 bits per heavy atom. The number of benzene rings is 1. The Balaban J connectivity index is 0.00000200. The van der Waals surface area contributed by atoms with Gasteiger partial charge in [-0.3, -0.25) is 4.90 Å². The molecular weight excluding hydrogens is 309 g/mol. The second-order valence-corrected chi connectivity index (χ2v) is 5.10. The molecule has 1 heterocycles. The van der Waals surface area contributed by atoms with Gasteiger partial charge in [0.25, 0.3) is 5.92 Å². The first kappa shape index (κ1) is 17.6. The summed E-state index contributed by atoms with van der Waals surface area (Å²) in [6.07, 6.45) is 0. The first-order chi connectivity index (χ1) is 9.04. The van der Waals surface area contributed by atoms with Crippen LogP contribution in [0, 0.1) is 0 Å². The summed E-state index contributed by atoms with van der Waals surface area (Å²) in [4.78, 5) is 1.70. The molecule has 0 spiro atoms. The molecule has 1 aliphatic rings. The summed E-state index contributed by atoms with van der Waals surface area (Å²) in [5.74, 6) is -3.18. The third kappa shape index (κ3) is 4.02. The number of nitrogens with zero attached hydrogens (tertiary/aromatic N) is 1. The largest absolute Gasteiger partial charge is 0.390 e. The Morgan fingerprint density at radius 3 is 2.30 bits per heavy atom. The second kappa shape index (κ2) is 7.52. The zero-order valence-corrected chi connectivity index (χ0v) is 12.4. The van der Waals surface area contributed by atoms with E-state index in [0.29, 0.717) is 36.8 Å². The average Bonchev–Trinajstić information content (AvgIpc) is 2.42. The van der Waals surface area contributed by atoms with Crippen molar-refractivity contribution in [2.24, 2.45) is 0 Å². The molecule has 1 atom stereocenters. The molecule has 1 aromatic carbocycles. The van der Waals surface area contributed by atoms with Crippen molar-refractivity contribution >= 4 is 24.0 Å². The van der Waals surface area contributed by atoms with Gasteiger partial charge in [-0.15, -0.1) is 12.4 Å². The zero-order valence-electron chi connectivity index (χ0n) is 10.9. The molecular formula is C13H18Cl2F2N2O. The van der Waals surface area contributed by atoms with Crippen LogP contribution in [0.3, 0.4) is 0 Å². The molecule has 20 heavy (non-hydrogen) atoms. The van der Waals surface area contributed by atoms with Crippen LogP contribution in [0.4, 0.5) is 8.78 Å². The molecule has 2 N–H and O–H groups in total. The van der Waals surface area contributed by atoms with E-state index in [1.807, 2.05) is 0 Å². The molecule has 0 saturated carbocycles. The number of aliphatic hydroxyl groups excluding tert-OH is 1. The molecule has 0 amide bonds. The van der Waals surface area contributed by atoms with Crippen LogP contribution in [0.2, 0.25) is 5.02 Å². The molecule has 7 heteroatoms. The van der Waals surface area contributed by atoms with Crippen LogP contribution in [0.15, 0.2) is 24.3 Å². The fraction of sp³-hybridized carbons (Fsp3) is 0.538. The highest BCUT2D eigenvalue weighted by molar-refractivity contribution is 6.30. The molecule has 0 radical (unpaired) electrons. The molecule has 1 aromatic rings. The molecule has 0 aliphatic carbocycles. The molecule has 1 fully saturated rings. The smallest absolute Gasteiger partial charge is 0.289 e. The van der Waals surface area contributed by atoms with Crippen LogP contribution < -0.4 is 5.32 Å². The van der Waals surface area contributed by atoms with E-state index in [-0.39, 0.29) is 12.4 Å². The van der Waals surface area contributed by atoms with E-state index < -0.39 is 18.6 Å². The maximum atomic E-state index is 14.0. The third-order valence-electron chi connectivity index (χ3n) is 3.31. The van der Waals surface area contributed by atoms with Crippen molar-refractivity contribution in [3.05, 3.63) is 34.9 Å². The van der Waals surface area contributed by atoms with Gasteiger partial charge in [-0.05, 0) is 17.7 Å². The highest BCUT2D eigenvalue weighted by atomic mass is 35.5. The number of hydrogen-bond acceptors (Lipinski definition) is 3. The first-order valence-corrected chi connectivity index (χ1v) is 6.61. The summed E-state index contributed by atoms with van der Waals surface area (Å²) in [6, 6.07) is 5.27. The van der Waals surface area contributed by atoms with Gasteiger partial charge < -0.3 is 10.4 Å². The normalized spacial score (nSPS) is 18.4. The Morgan fingerprint density at radius 2 is 1.80 bits per heavy atom. The molecule has 1 saturated heterocycles. The van der Waals surface area contributed by atoms with Crippen LogP contribution in [-0.4, -0.2) is 48.7 Å². The second-order valence-electron chi connectivity index (χ2n) is 4.66.